The summed E-state index contributed by atoms with van der Waals surface area (Å²) in [6.45, 7) is 1.91. The van der Waals surface area contributed by atoms with Crippen LogP contribution in [0.5, 0.6) is 0 Å². The molecule has 1 aromatic carbocycles. The highest BCUT2D eigenvalue weighted by atomic mass is 32.2. The molecule has 3 heterocycles. The second-order valence-corrected chi connectivity index (χ2v) is 9.72. The molecule has 5 nitrogen and oxygen atoms in total. The number of rotatable bonds is 4. The van der Waals surface area contributed by atoms with Gasteiger partial charge in [-0.2, -0.15) is 4.31 Å². The first-order valence-electron chi connectivity index (χ1n) is 9.02. The maximum absolute atomic E-state index is 12.9. The van der Waals surface area contributed by atoms with E-state index in [1.165, 1.54) is 9.18 Å². The number of amides is 1. The van der Waals surface area contributed by atoms with Crippen molar-refractivity contribution in [1.29, 1.82) is 0 Å². The highest BCUT2D eigenvalue weighted by Crippen LogP contribution is 2.35. The van der Waals surface area contributed by atoms with Crippen LogP contribution in [0.25, 0.3) is 0 Å². The lowest BCUT2D eigenvalue weighted by Gasteiger charge is -2.24. The van der Waals surface area contributed by atoms with Crippen molar-refractivity contribution >= 4 is 27.3 Å². The Labute approximate surface area is 158 Å². The van der Waals surface area contributed by atoms with Crippen LogP contribution in [0.15, 0.2) is 46.7 Å². The molecule has 0 radical (unpaired) electrons. The molecule has 7 heteroatoms. The van der Waals surface area contributed by atoms with Crippen molar-refractivity contribution in [2.24, 2.45) is 0 Å². The van der Waals surface area contributed by atoms with Crippen LogP contribution < -0.4 is 0 Å². The highest BCUT2D eigenvalue weighted by Gasteiger charge is 2.32. The summed E-state index contributed by atoms with van der Waals surface area (Å²) in [5, 5.41) is 2.04. The van der Waals surface area contributed by atoms with Crippen LogP contribution in [0.1, 0.15) is 47.0 Å². The maximum atomic E-state index is 12.9. The second kappa shape index (κ2) is 7.13. The fourth-order valence-corrected chi connectivity index (χ4v) is 6.19. The molecule has 0 unspecified atom stereocenters. The molecule has 0 bridgehead atoms. The van der Waals surface area contributed by atoms with Crippen LogP contribution in [0, 0.1) is 0 Å². The molecular formula is C19H22N2O3S2. The Morgan fingerprint density at radius 3 is 2.38 bits per heavy atom. The van der Waals surface area contributed by atoms with Gasteiger partial charge in [-0.25, -0.2) is 8.42 Å². The summed E-state index contributed by atoms with van der Waals surface area (Å²) < 4.78 is 26.7. The van der Waals surface area contributed by atoms with Crippen molar-refractivity contribution in [2.75, 3.05) is 19.6 Å². The molecule has 26 heavy (non-hydrogen) atoms. The van der Waals surface area contributed by atoms with E-state index in [1.807, 2.05) is 16.3 Å². The van der Waals surface area contributed by atoms with Crippen LogP contribution in [0.3, 0.4) is 0 Å². The number of thiophene rings is 1. The minimum Gasteiger partial charge on any atom is -0.331 e. The standard InChI is InChI=1S/C19H22N2O3S2/c22-19(21-13-3-5-17(21)18-6-4-14-25-18)15-7-9-16(10-8-15)26(23,24)20-11-1-2-12-20/h4,6-10,14,17H,1-3,5,11-13H2/t17-/m1/s1. The van der Waals surface area contributed by atoms with Gasteiger partial charge in [-0.05, 0) is 61.4 Å². The minimum absolute atomic E-state index is 0.0222. The molecule has 0 spiro atoms. The predicted octanol–water partition coefficient (Wildman–Crippen LogP) is 3.51. The van der Waals surface area contributed by atoms with E-state index in [2.05, 4.69) is 6.07 Å². The Morgan fingerprint density at radius 1 is 1.00 bits per heavy atom. The average molecular weight is 391 g/mol. The summed E-state index contributed by atoms with van der Waals surface area (Å²) in [6.07, 6.45) is 3.80. The Kier molecular flexibility index (Phi) is 4.86. The first-order chi connectivity index (χ1) is 12.6. The van der Waals surface area contributed by atoms with Crippen LogP contribution in [0.2, 0.25) is 0 Å². The molecule has 2 fully saturated rings. The Morgan fingerprint density at radius 2 is 1.73 bits per heavy atom. The number of hydrogen-bond acceptors (Lipinski definition) is 4. The summed E-state index contributed by atoms with van der Waals surface area (Å²) in [7, 11) is -3.44. The first-order valence-corrected chi connectivity index (χ1v) is 11.3. The lowest BCUT2D eigenvalue weighted by Crippen LogP contribution is -2.30. The topological polar surface area (TPSA) is 57.7 Å². The average Bonchev–Trinajstić information content (AvgIpc) is 3.43. The molecule has 1 amide bonds. The first kappa shape index (κ1) is 17.7. The second-order valence-electron chi connectivity index (χ2n) is 6.81. The molecule has 1 atom stereocenters. The van der Waals surface area contributed by atoms with E-state index in [0.29, 0.717) is 18.7 Å². The lowest BCUT2D eigenvalue weighted by molar-refractivity contribution is 0.0738. The van der Waals surface area contributed by atoms with Crippen LogP contribution in [-0.4, -0.2) is 43.2 Å². The van der Waals surface area contributed by atoms with Gasteiger partial charge in [0.2, 0.25) is 10.0 Å². The molecular weight excluding hydrogens is 368 g/mol. The number of likely N-dealkylation sites (tertiary alicyclic amines) is 1. The third-order valence-electron chi connectivity index (χ3n) is 5.19. The van der Waals surface area contributed by atoms with Gasteiger partial charge in [0.15, 0.2) is 0 Å². The summed E-state index contributed by atoms with van der Waals surface area (Å²) >= 11 is 1.68. The van der Waals surface area contributed by atoms with E-state index in [0.717, 1.165) is 32.2 Å². The maximum Gasteiger partial charge on any atom is 0.254 e. The normalized spacial score (nSPS) is 21.4. The monoisotopic (exact) mass is 390 g/mol. The van der Waals surface area contributed by atoms with E-state index in [4.69, 9.17) is 0 Å². The van der Waals surface area contributed by atoms with Gasteiger partial charge in [0.25, 0.3) is 5.91 Å². The van der Waals surface area contributed by atoms with Gasteiger partial charge in [0.05, 0.1) is 10.9 Å². The number of carbonyl (C=O) groups excluding carboxylic acids is 1. The van der Waals surface area contributed by atoms with Crippen molar-refractivity contribution in [3.63, 3.8) is 0 Å². The minimum atomic E-state index is -3.44. The largest absolute Gasteiger partial charge is 0.331 e. The Bertz CT molecular complexity index is 870. The highest BCUT2D eigenvalue weighted by molar-refractivity contribution is 7.89. The van der Waals surface area contributed by atoms with Gasteiger partial charge >= 0.3 is 0 Å². The van der Waals surface area contributed by atoms with Crippen LogP contribution >= 0.6 is 11.3 Å². The fourth-order valence-electron chi connectivity index (χ4n) is 3.80. The molecule has 2 saturated heterocycles. The van der Waals surface area contributed by atoms with Gasteiger partial charge in [0.1, 0.15) is 0 Å². The molecule has 2 aromatic rings. The predicted molar refractivity (Wildman–Crippen MR) is 102 cm³/mol. The lowest BCUT2D eigenvalue weighted by atomic mass is 10.1. The smallest absolute Gasteiger partial charge is 0.254 e. The number of carbonyl (C=O) groups is 1. The van der Waals surface area contributed by atoms with E-state index in [1.54, 1.807) is 35.6 Å². The summed E-state index contributed by atoms with van der Waals surface area (Å²) in [6, 6.07) is 10.7. The van der Waals surface area contributed by atoms with E-state index >= 15 is 0 Å². The zero-order valence-electron chi connectivity index (χ0n) is 14.5. The summed E-state index contributed by atoms with van der Waals surface area (Å²) in [5.41, 5.74) is 0.550. The Balaban J connectivity index is 1.54. The van der Waals surface area contributed by atoms with Crippen LogP contribution in [-0.2, 0) is 10.0 Å². The van der Waals surface area contributed by atoms with E-state index < -0.39 is 10.0 Å². The Hall–Kier alpha value is -1.70. The molecule has 0 saturated carbocycles. The van der Waals surface area contributed by atoms with Gasteiger partial charge < -0.3 is 4.90 Å². The van der Waals surface area contributed by atoms with Gasteiger partial charge in [0, 0.05) is 30.1 Å². The van der Waals surface area contributed by atoms with Crippen molar-refractivity contribution in [3.05, 3.63) is 52.2 Å². The zero-order valence-corrected chi connectivity index (χ0v) is 16.1. The third-order valence-corrected chi connectivity index (χ3v) is 8.08. The molecule has 0 aliphatic carbocycles. The van der Waals surface area contributed by atoms with Crippen molar-refractivity contribution in [3.8, 4) is 0 Å². The van der Waals surface area contributed by atoms with Gasteiger partial charge in [-0.1, -0.05) is 6.07 Å². The molecule has 2 aliphatic heterocycles. The van der Waals surface area contributed by atoms with Crippen molar-refractivity contribution in [1.82, 2.24) is 9.21 Å². The van der Waals surface area contributed by atoms with Crippen molar-refractivity contribution in [2.45, 2.75) is 36.6 Å². The molecule has 138 valence electrons. The van der Waals surface area contributed by atoms with E-state index in [-0.39, 0.29) is 16.8 Å². The van der Waals surface area contributed by atoms with Gasteiger partial charge in [-0.3, -0.25) is 4.79 Å². The van der Waals surface area contributed by atoms with Crippen LogP contribution in [0.4, 0.5) is 0 Å². The zero-order chi connectivity index (χ0) is 18.1. The van der Waals surface area contributed by atoms with E-state index in [9.17, 15) is 13.2 Å². The fraction of sp³-hybridized carbons (Fsp3) is 0.421. The quantitative estimate of drug-likeness (QED) is 0.803. The number of hydrogen-bond donors (Lipinski definition) is 0. The molecule has 1 aromatic heterocycles. The molecule has 0 N–H and O–H groups in total. The van der Waals surface area contributed by atoms with Crippen molar-refractivity contribution < 1.29 is 13.2 Å². The number of nitrogens with zero attached hydrogens (tertiary/aromatic N) is 2. The molecule has 2 aliphatic rings. The van der Waals surface area contributed by atoms with Gasteiger partial charge in [-0.15, -0.1) is 11.3 Å². The summed E-state index contributed by atoms with van der Waals surface area (Å²) in [5.74, 6) is -0.0222. The number of benzene rings is 1. The SMILES string of the molecule is O=C(c1ccc(S(=O)(=O)N2CCCC2)cc1)N1CCC[C@@H]1c1cccs1. The number of sulfonamides is 1. The summed E-state index contributed by atoms with van der Waals surface area (Å²) in [4.78, 5) is 16.3. The molecule has 4 rings (SSSR count). The third kappa shape index (κ3) is 3.19.